The first kappa shape index (κ1) is 26.9. The number of amides is 1. The highest BCUT2D eigenvalue weighted by molar-refractivity contribution is 6.53. The number of Topliss-reactive ketones (excluding diaryl/α,β-unsaturated/α-hetero) is 1. The molecule has 1 fully saturated rings. The second-order valence-corrected chi connectivity index (χ2v) is 9.85. The van der Waals surface area contributed by atoms with Gasteiger partial charge in [-0.3, -0.25) is 9.59 Å². The Bertz CT molecular complexity index is 1130. The molecule has 3 nitrogen and oxygen atoms in total. The van der Waals surface area contributed by atoms with Crippen LogP contribution in [0, 0.1) is 5.92 Å². The third-order valence-electron chi connectivity index (χ3n) is 5.16. The van der Waals surface area contributed by atoms with Crippen molar-refractivity contribution in [1.29, 1.82) is 0 Å². The number of nitrogens with one attached hydrogen (secondary N) is 1. The number of halogens is 10. The molecular weight excluding hydrogens is 554 g/mol. The Kier molecular flexibility index (Phi) is 7.45. The zero-order valence-corrected chi connectivity index (χ0v) is 19.7. The highest BCUT2D eigenvalue weighted by Crippen LogP contribution is 2.65. The van der Waals surface area contributed by atoms with Gasteiger partial charge in [0.15, 0.2) is 5.78 Å². The molecule has 2 aromatic carbocycles. The molecule has 0 bridgehead atoms. The second kappa shape index (κ2) is 9.41. The van der Waals surface area contributed by atoms with Crippen LogP contribution in [0.4, 0.5) is 32.0 Å². The van der Waals surface area contributed by atoms with Crippen molar-refractivity contribution in [3.05, 3.63) is 63.1 Å². The number of alkyl halides is 8. The Morgan fingerprint density at radius 1 is 0.941 bits per heavy atom. The third kappa shape index (κ3) is 5.93. The quantitative estimate of drug-likeness (QED) is 0.218. The number of carbonyl (C=O) groups is 2. The lowest BCUT2D eigenvalue weighted by Crippen LogP contribution is -2.17. The molecule has 1 saturated carbocycles. The van der Waals surface area contributed by atoms with Crippen LogP contribution in [-0.4, -0.2) is 22.2 Å². The summed E-state index contributed by atoms with van der Waals surface area (Å²) in [6, 6.07) is 6.57. The molecule has 1 aliphatic carbocycles. The SMILES string of the molecule is O=C(CCC(F)(F)F)c1cc(NC(=O)C2C(c3ccc(C(F)(F)F)c(Cl)c3)C2(Cl)Cl)ccc1Cl. The van der Waals surface area contributed by atoms with Crippen LogP contribution < -0.4 is 5.32 Å². The first-order chi connectivity index (χ1) is 15.5. The number of carbonyl (C=O) groups excluding carboxylic acids is 2. The largest absolute Gasteiger partial charge is 0.417 e. The number of rotatable bonds is 6. The van der Waals surface area contributed by atoms with Crippen LogP contribution >= 0.6 is 46.4 Å². The van der Waals surface area contributed by atoms with Gasteiger partial charge in [0.1, 0.15) is 4.33 Å². The maximum atomic E-state index is 12.9. The van der Waals surface area contributed by atoms with E-state index in [0.29, 0.717) is 0 Å². The van der Waals surface area contributed by atoms with E-state index in [0.717, 1.165) is 24.3 Å². The highest BCUT2D eigenvalue weighted by atomic mass is 35.5. The van der Waals surface area contributed by atoms with E-state index in [1.807, 2.05) is 0 Å². The molecule has 1 amide bonds. The molecule has 3 rings (SSSR count). The molecule has 0 saturated heterocycles. The minimum absolute atomic E-state index is 0.0463. The van der Waals surface area contributed by atoms with Crippen molar-refractivity contribution < 1.29 is 35.9 Å². The number of hydrogen-bond acceptors (Lipinski definition) is 2. The van der Waals surface area contributed by atoms with Gasteiger partial charge in [-0.15, -0.1) is 23.2 Å². The van der Waals surface area contributed by atoms with E-state index in [1.165, 1.54) is 12.1 Å². The molecule has 0 radical (unpaired) electrons. The van der Waals surface area contributed by atoms with Gasteiger partial charge >= 0.3 is 12.4 Å². The number of benzene rings is 2. The number of anilines is 1. The van der Waals surface area contributed by atoms with Crippen molar-refractivity contribution in [3.63, 3.8) is 0 Å². The summed E-state index contributed by atoms with van der Waals surface area (Å²) >= 11 is 24.0. The van der Waals surface area contributed by atoms with Crippen LogP contribution in [0.2, 0.25) is 10.0 Å². The van der Waals surface area contributed by atoms with Gasteiger partial charge in [0.25, 0.3) is 0 Å². The van der Waals surface area contributed by atoms with Crippen LogP contribution in [0.1, 0.15) is 40.2 Å². The van der Waals surface area contributed by atoms with Crippen LogP contribution in [0.25, 0.3) is 0 Å². The zero-order chi connectivity index (χ0) is 25.6. The summed E-state index contributed by atoms with van der Waals surface area (Å²) < 4.78 is 74.4. The van der Waals surface area contributed by atoms with Crippen molar-refractivity contribution in [2.75, 3.05) is 5.32 Å². The van der Waals surface area contributed by atoms with E-state index in [9.17, 15) is 35.9 Å². The molecule has 2 unspecified atom stereocenters. The predicted octanol–water partition coefficient (Wildman–Crippen LogP) is 8.06. The predicted molar refractivity (Wildman–Crippen MR) is 117 cm³/mol. The van der Waals surface area contributed by atoms with Crippen molar-refractivity contribution in [1.82, 2.24) is 0 Å². The van der Waals surface area contributed by atoms with Gasteiger partial charge in [0.05, 0.1) is 27.9 Å². The molecule has 0 aromatic heterocycles. The van der Waals surface area contributed by atoms with Crippen LogP contribution in [0.3, 0.4) is 0 Å². The summed E-state index contributed by atoms with van der Waals surface area (Å²) in [6.07, 6.45) is -11.4. The Labute approximate surface area is 209 Å². The summed E-state index contributed by atoms with van der Waals surface area (Å²) in [5.41, 5.74) is -1.01. The van der Waals surface area contributed by atoms with Crippen molar-refractivity contribution in [2.45, 2.75) is 35.4 Å². The maximum absolute atomic E-state index is 12.9. The first-order valence-corrected chi connectivity index (χ1v) is 11.0. The summed E-state index contributed by atoms with van der Waals surface area (Å²) in [4.78, 5) is 24.9. The van der Waals surface area contributed by atoms with E-state index < -0.39 is 63.6 Å². The summed E-state index contributed by atoms with van der Waals surface area (Å²) in [5, 5.41) is 1.77. The smallest absolute Gasteiger partial charge is 0.326 e. The minimum atomic E-state index is -4.67. The molecule has 2 aromatic rings. The van der Waals surface area contributed by atoms with Crippen molar-refractivity contribution in [3.8, 4) is 0 Å². The average molecular weight is 567 g/mol. The van der Waals surface area contributed by atoms with E-state index >= 15 is 0 Å². The van der Waals surface area contributed by atoms with Gasteiger partial charge in [-0.05, 0) is 35.9 Å². The van der Waals surface area contributed by atoms with E-state index in [-0.39, 0.29) is 21.8 Å². The topological polar surface area (TPSA) is 46.2 Å². The molecule has 0 heterocycles. The molecular formula is C21H13Cl4F6NO2. The monoisotopic (exact) mass is 565 g/mol. The molecule has 34 heavy (non-hydrogen) atoms. The Morgan fingerprint density at radius 3 is 2.15 bits per heavy atom. The molecule has 1 aliphatic rings. The van der Waals surface area contributed by atoms with Crippen LogP contribution in [-0.2, 0) is 11.0 Å². The first-order valence-electron chi connectivity index (χ1n) is 9.47. The fraction of sp³-hybridized carbons (Fsp3) is 0.333. The molecule has 184 valence electrons. The van der Waals surface area contributed by atoms with Crippen molar-refractivity contribution in [2.24, 2.45) is 5.92 Å². The number of hydrogen-bond donors (Lipinski definition) is 1. The normalized spacial score (nSPS) is 19.6. The van der Waals surface area contributed by atoms with Gasteiger partial charge in [-0.25, -0.2) is 0 Å². The lowest BCUT2D eigenvalue weighted by atomic mass is 10.0. The lowest BCUT2D eigenvalue weighted by Gasteiger charge is -2.11. The fourth-order valence-electron chi connectivity index (χ4n) is 3.45. The van der Waals surface area contributed by atoms with Crippen LogP contribution in [0.5, 0.6) is 0 Å². The molecule has 2 atom stereocenters. The summed E-state index contributed by atoms with van der Waals surface area (Å²) in [5.74, 6) is -3.55. The van der Waals surface area contributed by atoms with Crippen LogP contribution in [0.15, 0.2) is 36.4 Å². The van der Waals surface area contributed by atoms with E-state index in [1.54, 1.807) is 0 Å². The third-order valence-corrected chi connectivity index (χ3v) is 6.75. The minimum Gasteiger partial charge on any atom is -0.326 e. The zero-order valence-electron chi connectivity index (χ0n) is 16.6. The Morgan fingerprint density at radius 2 is 1.59 bits per heavy atom. The van der Waals surface area contributed by atoms with Gasteiger partial charge in [0.2, 0.25) is 5.91 Å². The standard InChI is InChI=1S/C21H13Cl4F6NO2/c22-13-4-2-10(8-11(13)15(33)5-6-19(26,27)28)32-18(34)17-16(20(17,24)25)9-1-3-12(14(23)7-9)21(29,30)31/h1-4,7-8,16-17H,5-6H2,(H,32,34). The molecule has 0 aliphatic heterocycles. The Hall–Kier alpha value is -1.68. The number of ketones is 1. The molecule has 0 spiro atoms. The van der Waals surface area contributed by atoms with Gasteiger partial charge in [-0.2, -0.15) is 26.3 Å². The molecule has 13 heteroatoms. The van der Waals surface area contributed by atoms with Gasteiger partial charge in [0, 0.05) is 23.6 Å². The van der Waals surface area contributed by atoms with E-state index in [4.69, 9.17) is 46.4 Å². The summed E-state index contributed by atoms with van der Waals surface area (Å²) in [7, 11) is 0. The Balaban J connectivity index is 1.76. The lowest BCUT2D eigenvalue weighted by molar-refractivity contribution is -0.137. The second-order valence-electron chi connectivity index (χ2n) is 7.59. The summed E-state index contributed by atoms with van der Waals surface area (Å²) in [6.45, 7) is 0. The van der Waals surface area contributed by atoms with Gasteiger partial charge < -0.3 is 5.32 Å². The maximum Gasteiger partial charge on any atom is 0.417 e. The molecule has 1 N–H and O–H groups in total. The highest BCUT2D eigenvalue weighted by Gasteiger charge is 2.67. The van der Waals surface area contributed by atoms with Crippen molar-refractivity contribution >= 4 is 63.8 Å². The average Bonchev–Trinajstić information content (AvgIpc) is 3.28. The fourth-order valence-corrected chi connectivity index (χ4v) is 4.80. The van der Waals surface area contributed by atoms with Gasteiger partial charge in [-0.1, -0.05) is 29.3 Å². The van der Waals surface area contributed by atoms with E-state index in [2.05, 4.69) is 5.32 Å².